The molecule has 0 aliphatic heterocycles. The summed E-state index contributed by atoms with van der Waals surface area (Å²) in [5.74, 6) is 5.26. The van der Waals surface area contributed by atoms with Gasteiger partial charge in [-0.1, -0.05) is 31.4 Å². The van der Waals surface area contributed by atoms with E-state index in [-0.39, 0.29) is 17.1 Å². The Labute approximate surface area is 153 Å². The standard InChI is InChI=1S/C23H34O2/c1-5-22-13-9-17(24)15-16(22)7-8-18-19-11-14-23(6-2,25-4)21(19,3)12-10-20(18)22/h2,7,17-20,24H,5,8-15H2,1,3-4H3/t17?,18-,19-,20+,21-,22-,23?/m0/s1. The Kier molecular flexibility index (Phi) is 4.13. The molecule has 0 aromatic rings. The molecule has 0 amide bonds. The first kappa shape index (κ1) is 17.6. The highest BCUT2D eigenvalue weighted by Crippen LogP contribution is 2.68. The van der Waals surface area contributed by atoms with Crippen molar-refractivity contribution in [2.45, 2.75) is 83.3 Å². The molecule has 0 radical (unpaired) electrons. The molecule has 0 aromatic heterocycles. The van der Waals surface area contributed by atoms with Crippen molar-refractivity contribution in [3.8, 4) is 12.3 Å². The van der Waals surface area contributed by atoms with Crippen LogP contribution in [0, 0.1) is 40.9 Å². The molecule has 3 fully saturated rings. The normalized spacial score (nSPS) is 51.7. The predicted octanol–water partition coefficient (Wildman–Crippen LogP) is 4.72. The van der Waals surface area contributed by atoms with Gasteiger partial charge in [-0.25, -0.2) is 0 Å². The second-order valence-corrected chi connectivity index (χ2v) is 9.42. The van der Waals surface area contributed by atoms with E-state index in [0.717, 1.165) is 31.1 Å². The lowest BCUT2D eigenvalue weighted by molar-refractivity contribution is -0.115. The first-order valence-corrected chi connectivity index (χ1v) is 10.4. The number of terminal acetylenes is 1. The Balaban J connectivity index is 1.71. The Morgan fingerprint density at radius 1 is 1.24 bits per heavy atom. The number of aliphatic hydroxyl groups excluding tert-OH is 1. The van der Waals surface area contributed by atoms with Crippen molar-refractivity contribution in [3.05, 3.63) is 11.6 Å². The summed E-state index contributed by atoms with van der Waals surface area (Å²) >= 11 is 0. The van der Waals surface area contributed by atoms with Crippen LogP contribution < -0.4 is 0 Å². The van der Waals surface area contributed by atoms with Crippen molar-refractivity contribution < 1.29 is 9.84 Å². The van der Waals surface area contributed by atoms with Crippen LogP contribution in [0.4, 0.5) is 0 Å². The van der Waals surface area contributed by atoms with Gasteiger partial charge in [-0.15, -0.1) is 6.42 Å². The summed E-state index contributed by atoms with van der Waals surface area (Å²) in [7, 11) is 1.81. The molecule has 138 valence electrons. The number of ether oxygens (including phenoxy) is 1. The summed E-state index contributed by atoms with van der Waals surface area (Å²) in [5.41, 5.74) is 1.67. The van der Waals surface area contributed by atoms with Crippen molar-refractivity contribution in [2.75, 3.05) is 7.11 Å². The minimum atomic E-state index is -0.366. The van der Waals surface area contributed by atoms with Gasteiger partial charge in [0.25, 0.3) is 0 Å². The molecule has 7 atom stereocenters. The lowest BCUT2D eigenvalue weighted by Crippen LogP contribution is -2.55. The van der Waals surface area contributed by atoms with Crippen molar-refractivity contribution in [1.82, 2.24) is 0 Å². The third-order valence-electron chi connectivity index (χ3n) is 9.13. The van der Waals surface area contributed by atoms with Gasteiger partial charge in [0.15, 0.2) is 0 Å². The number of hydrogen-bond acceptors (Lipinski definition) is 2. The third kappa shape index (κ3) is 2.12. The maximum atomic E-state index is 10.2. The lowest BCUT2D eigenvalue weighted by atomic mass is 9.46. The summed E-state index contributed by atoms with van der Waals surface area (Å²) in [6.07, 6.45) is 18.5. The van der Waals surface area contributed by atoms with Crippen molar-refractivity contribution in [2.24, 2.45) is 28.6 Å². The Morgan fingerprint density at radius 3 is 2.68 bits per heavy atom. The van der Waals surface area contributed by atoms with Crippen LogP contribution in [-0.4, -0.2) is 23.9 Å². The Bertz CT molecular complexity index is 616. The number of fused-ring (bicyclic) bond motifs is 5. The molecule has 2 nitrogen and oxygen atoms in total. The van der Waals surface area contributed by atoms with Crippen LogP contribution in [0.1, 0.15) is 71.6 Å². The summed E-state index contributed by atoms with van der Waals surface area (Å²) < 4.78 is 5.99. The Morgan fingerprint density at radius 2 is 2.00 bits per heavy atom. The van der Waals surface area contributed by atoms with E-state index in [1.807, 2.05) is 7.11 Å². The average molecular weight is 343 g/mol. The maximum absolute atomic E-state index is 10.2. The molecule has 0 saturated heterocycles. The Hall–Kier alpha value is -0.780. The smallest absolute Gasteiger partial charge is 0.133 e. The highest BCUT2D eigenvalue weighted by atomic mass is 16.5. The first-order chi connectivity index (χ1) is 12.0. The quantitative estimate of drug-likeness (QED) is 0.581. The number of aliphatic hydroxyl groups is 1. The minimum Gasteiger partial charge on any atom is -0.393 e. The van der Waals surface area contributed by atoms with Gasteiger partial charge >= 0.3 is 0 Å². The zero-order valence-electron chi connectivity index (χ0n) is 16.2. The van der Waals surface area contributed by atoms with Gasteiger partial charge < -0.3 is 9.84 Å². The van der Waals surface area contributed by atoms with Crippen LogP contribution in [0.2, 0.25) is 0 Å². The molecule has 0 bridgehead atoms. The van der Waals surface area contributed by atoms with E-state index >= 15 is 0 Å². The fourth-order valence-electron chi connectivity index (χ4n) is 7.73. The van der Waals surface area contributed by atoms with Crippen LogP contribution in [0.5, 0.6) is 0 Å². The second kappa shape index (κ2) is 5.86. The van der Waals surface area contributed by atoms with Gasteiger partial charge in [-0.3, -0.25) is 0 Å². The molecule has 2 unspecified atom stereocenters. The van der Waals surface area contributed by atoms with Gasteiger partial charge in [0.1, 0.15) is 5.60 Å². The van der Waals surface area contributed by atoms with Crippen molar-refractivity contribution in [1.29, 1.82) is 0 Å². The van der Waals surface area contributed by atoms with Gasteiger partial charge in [0, 0.05) is 12.5 Å². The molecule has 4 aliphatic rings. The van der Waals surface area contributed by atoms with E-state index in [2.05, 4.69) is 25.8 Å². The number of hydrogen-bond donors (Lipinski definition) is 1. The van der Waals surface area contributed by atoms with Crippen LogP contribution in [0.3, 0.4) is 0 Å². The minimum absolute atomic E-state index is 0.117. The highest BCUT2D eigenvalue weighted by Gasteiger charge is 2.64. The summed E-state index contributed by atoms with van der Waals surface area (Å²) in [6.45, 7) is 4.78. The molecule has 1 N–H and O–H groups in total. The van der Waals surface area contributed by atoms with Gasteiger partial charge in [-0.2, -0.15) is 0 Å². The monoisotopic (exact) mass is 342 g/mol. The van der Waals surface area contributed by atoms with E-state index in [1.165, 1.54) is 38.5 Å². The molecule has 3 saturated carbocycles. The van der Waals surface area contributed by atoms with E-state index < -0.39 is 0 Å². The average Bonchev–Trinajstić information content (AvgIpc) is 2.94. The third-order valence-corrected chi connectivity index (χ3v) is 9.13. The number of rotatable bonds is 2. The zero-order chi connectivity index (χ0) is 17.9. The van der Waals surface area contributed by atoms with Crippen LogP contribution in [0.15, 0.2) is 11.6 Å². The van der Waals surface area contributed by atoms with E-state index in [9.17, 15) is 5.11 Å². The molecule has 4 rings (SSSR count). The molecule has 0 heterocycles. The number of methoxy groups -OCH3 is 1. The molecule has 2 heteroatoms. The molecule has 25 heavy (non-hydrogen) atoms. The summed E-state index contributed by atoms with van der Waals surface area (Å²) in [4.78, 5) is 0. The first-order valence-electron chi connectivity index (χ1n) is 10.4. The summed E-state index contributed by atoms with van der Waals surface area (Å²) in [6, 6.07) is 0. The van der Waals surface area contributed by atoms with E-state index in [4.69, 9.17) is 11.2 Å². The summed E-state index contributed by atoms with van der Waals surface area (Å²) in [5, 5.41) is 10.2. The van der Waals surface area contributed by atoms with Gasteiger partial charge in [-0.05, 0) is 81.0 Å². The fourth-order valence-corrected chi connectivity index (χ4v) is 7.73. The largest absolute Gasteiger partial charge is 0.393 e. The molecule has 0 aromatic carbocycles. The van der Waals surface area contributed by atoms with Crippen LogP contribution >= 0.6 is 0 Å². The zero-order valence-corrected chi connectivity index (χ0v) is 16.2. The molecule has 4 aliphatic carbocycles. The van der Waals surface area contributed by atoms with Gasteiger partial charge in [0.05, 0.1) is 6.10 Å². The predicted molar refractivity (Wildman–Crippen MR) is 101 cm³/mol. The molecular weight excluding hydrogens is 308 g/mol. The van der Waals surface area contributed by atoms with Gasteiger partial charge in [0.2, 0.25) is 0 Å². The van der Waals surface area contributed by atoms with Crippen LogP contribution in [0.25, 0.3) is 0 Å². The molecule has 0 spiro atoms. The lowest BCUT2D eigenvalue weighted by Gasteiger charge is -2.59. The topological polar surface area (TPSA) is 29.5 Å². The maximum Gasteiger partial charge on any atom is 0.133 e. The van der Waals surface area contributed by atoms with Crippen molar-refractivity contribution in [3.63, 3.8) is 0 Å². The van der Waals surface area contributed by atoms with Crippen LogP contribution in [-0.2, 0) is 4.74 Å². The number of allylic oxidation sites excluding steroid dienone is 1. The second-order valence-electron chi connectivity index (χ2n) is 9.42. The van der Waals surface area contributed by atoms with Crippen molar-refractivity contribution >= 4 is 0 Å². The highest BCUT2D eigenvalue weighted by molar-refractivity contribution is 5.29. The van der Waals surface area contributed by atoms with E-state index in [1.54, 1.807) is 5.57 Å². The van der Waals surface area contributed by atoms with E-state index in [0.29, 0.717) is 11.3 Å². The SMILES string of the molecule is C#CC1(OC)CC[C@H]2[C@@H]3CC=C4CC(O)CC[C@]4(CC)[C@@H]3CC[C@@]21C. The fraction of sp³-hybridized carbons (Fsp3) is 0.826. The molecular formula is C23H34O2.